The molecule has 26 heteroatoms. The van der Waals surface area contributed by atoms with E-state index in [1.807, 2.05) is 0 Å². The van der Waals surface area contributed by atoms with Crippen molar-refractivity contribution in [2.75, 3.05) is 39.6 Å². The van der Waals surface area contributed by atoms with Gasteiger partial charge in [-0.15, -0.1) is 0 Å². The first-order valence-corrected chi connectivity index (χ1v) is 17.9. The second-order valence-electron chi connectivity index (χ2n) is 14.1. The number of carbonyl (C=O) groups excluding carboxylic acids is 1. The minimum absolute atomic E-state index is 0.648. The van der Waals surface area contributed by atoms with Crippen molar-refractivity contribution in [1.29, 1.82) is 0 Å². The van der Waals surface area contributed by atoms with E-state index in [1.54, 1.807) is 0 Å². The summed E-state index contributed by atoms with van der Waals surface area (Å²) < 4.78 is 43.3. The van der Waals surface area contributed by atoms with Gasteiger partial charge in [0, 0.05) is 6.92 Å². The van der Waals surface area contributed by atoms with E-state index in [-0.39, 0.29) is 0 Å². The maximum Gasteiger partial charge on any atom is 0.217 e. The summed E-state index contributed by atoms with van der Waals surface area (Å²) in [5.41, 5.74) is 0. The standard InChI is InChI=1S/C31H55NO25/c1-8(36)32-15-19(44)17(42)13(3-34)53-28(15)50-6-11(39)26-21(46)23(48)31(56-26)57-27-18(43)14(4-35)54-30(24(27)49)52-7-12(40)25-20(45)22(47)29(55-25)51-5-10(38)16(41)9(37)2-33/h9-31,33-35,37-49H,2-7H2,1H3,(H,32,36)/t9-,10+,11-,12-,13-,14-,15-,16-,17+,18-,19-,20-,21-,22-,23-,24-,25+,26+,27+,28-,29-,30-,31+/m1/s1. The number of aliphatic hydroxyl groups excluding tert-OH is 16. The third-order valence-corrected chi connectivity index (χ3v) is 9.90. The first-order valence-electron chi connectivity index (χ1n) is 17.9. The SMILES string of the molecule is CC(=O)N[C@H]1[C@H](OC[C@@H](O)[C@@H]2O[C@@H](O[C@@H]3[C@@H](O)[C@H](OC[C@@H](O)[C@@H]4O[C@@H](OC[C@H](O)[C@H](O)[C@H](O)CO)[C@H](O)[C@H]4O)O[C@H](CO)[C@H]3O)[C@H](O)[C@H]2O)O[C@H](CO)[C@H](O)[C@@H]1O. The lowest BCUT2D eigenvalue weighted by molar-refractivity contribution is -0.335. The van der Waals surface area contributed by atoms with Gasteiger partial charge in [-0.3, -0.25) is 4.79 Å². The number of aliphatic hydroxyl groups is 16. The molecule has 334 valence electrons. The van der Waals surface area contributed by atoms with Crippen molar-refractivity contribution >= 4 is 5.91 Å². The predicted octanol–water partition coefficient (Wildman–Crippen LogP) is -11.5. The molecule has 4 fully saturated rings. The maximum atomic E-state index is 11.7. The highest BCUT2D eigenvalue weighted by atomic mass is 16.8. The average Bonchev–Trinajstić information content (AvgIpc) is 3.64. The smallest absolute Gasteiger partial charge is 0.217 e. The Hall–Kier alpha value is -1.49. The largest absolute Gasteiger partial charge is 0.394 e. The van der Waals surface area contributed by atoms with E-state index in [9.17, 15) is 81.4 Å². The highest BCUT2D eigenvalue weighted by molar-refractivity contribution is 5.73. The Bertz CT molecular complexity index is 1230. The zero-order chi connectivity index (χ0) is 42.5. The van der Waals surface area contributed by atoms with Crippen LogP contribution in [0.2, 0.25) is 0 Å². The monoisotopic (exact) mass is 841 g/mol. The molecule has 17 N–H and O–H groups in total. The first kappa shape index (κ1) is 48.2. The van der Waals surface area contributed by atoms with Crippen molar-refractivity contribution in [2.45, 2.75) is 148 Å². The van der Waals surface area contributed by atoms with Gasteiger partial charge >= 0.3 is 0 Å². The summed E-state index contributed by atoms with van der Waals surface area (Å²) in [6.07, 6.45) is -38.3. The second kappa shape index (κ2) is 21.3. The Morgan fingerprint density at radius 2 is 1.04 bits per heavy atom. The molecule has 0 spiro atoms. The van der Waals surface area contributed by atoms with E-state index in [1.165, 1.54) is 0 Å². The Morgan fingerprint density at radius 1 is 0.561 bits per heavy atom. The zero-order valence-corrected chi connectivity index (χ0v) is 30.4. The number of nitrogens with one attached hydrogen (secondary N) is 1. The fourth-order valence-electron chi connectivity index (χ4n) is 6.58. The zero-order valence-electron chi connectivity index (χ0n) is 30.4. The van der Waals surface area contributed by atoms with Crippen molar-refractivity contribution in [2.24, 2.45) is 0 Å². The van der Waals surface area contributed by atoms with Gasteiger partial charge in [0.25, 0.3) is 0 Å². The lowest BCUT2D eigenvalue weighted by Gasteiger charge is -2.43. The molecule has 0 unspecified atom stereocenters. The average molecular weight is 842 g/mol. The van der Waals surface area contributed by atoms with Crippen molar-refractivity contribution < 1.29 is 124 Å². The summed E-state index contributed by atoms with van der Waals surface area (Å²) >= 11 is 0. The van der Waals surface area contributed by atoms with Gasteiger partial charge in [-0.05, 0) is 0 Å². The van der Waals surface area contributed by atoms with Gasteiger partial charge < -0.3 is 125 Å². The molecule has 4 heterocycles. The Kier molecular flexibility index (Phi) is 18.0. The molecule has 0 aliphatic carbocycles. The lowest BCUT2D eigenvalue weighted by atomic mass is 9.97. The molecule has 26 nitrogen and oxygen atoms in total. The molecular weight excluding hydrogens is 786 g/mol. The fraction of sp³-hybridized carbons (Fsp3) is 0.968. The first-order chi connectivity index (χ1) is 26.9. The van der Waals surface area contributed by atoms with Crippen LogP contribution in [0.3, 0.4) is 0 Å². The molecule has 0 aromatic rings. The van der Waals surface area contributed by atoms with Gasteiger partial charge in [-0.1, -0.05) is 0 Å². The van der Waals surface area contributed by atoms with Crippen LogP contribution in [0.5, 0.6) is 0 Å². The lowest BCUT2D eigenvalue weighted by Crippen LogP contribution is -2.64. The van der Waals surface area contributed by atoms with Crippen molar-refractivity contribution in [3.63, 3.8) is 0 Å². The highest BCUT2D eigenvalue weighted by Crippen LogP contribution is 2.32. The van der Waals surface area contributed by atoms with Crippen molar-refractivity contribution in [3.05, 3.63) is 0 Å². The topological polar surface area (TPSA) is 427 Å². The molecule has 4 saturated heterocycles. The van der Waals surface area contributed by atoms with Crippen molar-refractivity contribution in [3.8, 4) is 0 Å². The van der Waals surface area contributed by atoms with E-state index >= 15 is 0 Å². The van der Waals surface area contributed by atoms with Gasteiger partial charge in [-0.25, -0.2) is 0 Å². The van der Waals surface area contributed by atoms with E-state index in [2.05, 4.69) is 5.32 Å². The molecule has 0 saturated carbocycles. The number of hydrogen-bond donors (Lipinski definition) is 17. The minimum Gasteiger partial charge on any atom is -0.394 e. The molecule has 57 heavy (non-hydrogen) atoms. The molecule has 4 aliphatic rings. The maximum absolute atomic E-state index is 11.7. The van der Waals surface area contributed by atoms with Crippen LogP contribution in [0.25, 0.3) is 0 Å². The van der Waals surface area contributed by atoms with Crippen LogP contribution in [0.1, 0.15) is 6.92 Å². The van der Waals surface area contributed by atoms with Crippen LogP contribution in [0.4, 0.5) is 0 Å². The van der Waals surface area contributed by atoms with Crippen LogP contribution in [-0.2, 0) is 42.7 Å². The number of amides is 1. The second-order valence-corrected chi connectivity index (χ2v) is 14.1. The van der Waals surface area contributed by atoms with Gasteiger partial charge in [0.15, 0.2) is 25.2 Å². The van der Waals surface area contributed by atoms with Gasteiger partial charge in [-0.2, -0.15) is 0 Å². The normalized spacial score (nSPS) is 44.0. The summed E-state index contributed by atoms with van der Waals surface area (Å²) in [4.78, 5) is 11.7. The van der Waals surface area contributed by atoms with Crippen LogP contribution >= 0.6 is 0 Å². The Labute approximate surface area is 323 Å². The summed E-state index contributed by atoms with van der Waals surface area (Å²) in [5, 5.41) is 166. The highest BCUT2D eigenvalue weighted by Gasteiger charge is 2.54. The molecule has 0 radical (unpaired) electrons. The van der Waals surface area contributed by atoms with Crippen LogP contribution in [-0.4, -0.2) is 268 Å². The van der Waals surface area contributed by atoms with E-state index < -0.39 is 187 Å². The Morgan fingerprint density at radius 3 is 1.58 bits per heavy atom. The summed E-state index contributed by atoms with van der Waals surface area (Å²) in [5.74, 6) is -0.648. The summed E-state index contributed by atoms with van der Waals surface area (Å²) in [6.45, 7) is -3.73. The number of ether oxygens (including phenoxy) is 8. The van der Waals surface area contributed by atoms with Crippen LogP contribution < -0.4 is 5.32 Å². The van der Waals surface area contributed by atoms with E-state index in [4.69, 9.17) is 43.0 Å². The number of carbonyl (C=O) groups is 1. The molecular formula is C31H55NO25. The number of hydrogen-bond acceptors (Lipinski definition) is 25. The third kappa shape index (κ3) is 11.3. The molecule has 4 rings (SSSR count). The predicted molar refractivity (Wildman–Crippen MR) is 174 cm³/mol. The summed E-state index contributed by atoms with van der Waals surface area (Å²) in [7, 11) is 0. The fourth-order valence-corrected chi connectivity index (χ4v) is 6.58. The number of rotatable bonds is 19. The molecule has 1 amide bonds. The summed E-state index contributed by atoms with van der Waals surface area (Å²) in [6, 6.07) is -1.37. The quantitative estimate of drug-likeness (QED) is 0.0574. The Balaban J connectivity index is 1.33. The van der Waals surface area contributed by atoms with E-state index in [0.29, 0.717) is 0 Å². The molecule has 0 bridgehead atoms. The van der Waals surface area contributed by atoms with Gasteiger partial charge in [0.2, 0.25) is 5.91 Å². The van der Waals surface area contributed by atoms with Gasteiger partial charge in [0.05, 0.1) is 39.6 Å². The van der Waals surface area contributed by atoms with E-state index in [0.717, 1.165) is 6.92 Å². The van der Waals surface area contributed by atoms with Crippen LogP contribution in [0.15, 0.2) is 0 Å². The van der Waals surface area contributed by atoms with Gasteiger partial charge in [0.1, 0.15) is 116 Å². The molecule has 0 aromatic heterocycles. The minimum atomic E-state index is -1.98. The van der Waals surface area contributed by atoms with Crippen LogP contribution in [0, 0.1) is 0 Å². The van der Waals surface area contributed by atoms with Crippen molar-refractivity contribution in [1.82, 2.24) is 5.32 Å². The molecule has 23 atom stereocenters. The third-order valence-electron chi connectivity index (χ3n) is 9.90. The molecule has 0 aromatic carbocycles. The molecule has 4 aliphatic heterocycles.